The molecular formula is C19H23ClN2O. The van der Waals surface area contributed by atoms with Crippen LogP contribution in [-0.2, 0) is 5.00 Å². The third-order valence-electron chi connectivity index (χ3n) is 4.54. The Kier molecular flexibility index (Phi) is 5.34. The number of aliphatic hydroxyl groups is 1. The largest absolute Gasteiger partial charge is 0.395 e. The first-order chi connectivity index (χ1) is 11.2. The molecule has 0 atom stereocenters. The van der Waals surface area contributed by atoms with Crippen LogP contribution in [0.5, 0.6) is 0 Å². The lowest BCUT2D eigenvalue weighted by Gasteiger charge is -2.44. The van der Waals surface area contributed by atoms with Gasteiger partial charge in [0, 0.05) is 32.7 Å². The monoisotopic (exact) mass is 330 g/mol. The van der Waals surface area contributed by atoms with Crippen molar-refractivity contribution < 1.29 is 5.11 Å². The van der Waals surface area contributed by atoms with Gasteiger partial charge in [0.05, 0.1) is 6.61 Å². The highest BCUT2D eigenvalue weighted by Gasteiger charge is 2.39. The molecule has 0 amide bonds. The number of benzene rings is 2. The second kappa shape index (κ2) is 7.45. The molecule has 0 radical (unpaired) electrons. The Bertz CT molecular complexity index is 558. The summed E-state index contributed by atoms with van der Waals surface area (Å²) in [4.78, 5) is 3.98. The molecule has 0 bridgehead atoms. The third kappa shape index (κ3) is 3.43. The number of piperazine rings is 1. The zero-order valence-electron chi connectivity index (χ0n) is 13.2. The van der Waals surface area contributed by atoms with Gasteiger partial charge in [0.1, 0.15) is 5.00 Å². The Labute approximate surface area is 143 Å². The molecule has 1 aliphatic heterocycles. The van der Waals surface area contributed by atoms with Crippen molar-refractivity contribution in [1.82, 2.24) is 9.80 Å². The molecule has 4 heteroatoms. The van der Waals surface area contributed by atoms with E-state index in [1.807, 2.05) is 36.4 Å². The Morgan fingerprint density at radius 2 is 1.30 bits per heavy atom. The van der Waals surface area contributed by atoms with E-state index in [9.17, 15) is 0 Å². The van der Waals surface area contributed by atoms with Gasteiger partial charge in [0.15, 0.2) is 0 Å². The van der Waals surface area contributed by atoms with Gasteiger partial charge in [-0.15, -0.1) is 0 Å². The first kappa shape index (κ1) is 16.5. The SMILES string of the molecule is OCCN1CCN(C(Cl)(c2ccccc2)c2ccccc2)CC1. The van der Waals surface area contributed by atoms with Crippen molar-refractivity contribution in [2.45, 2.75) is 5.00 Å². The Morgan fingerprint density at radius 3 is 1.74 bits per heavy atom. The minimum absolute atomic E-state index is 0.212. The predicted octanol–water partition coefficient (Wildman–Crippen LogP) is 2.74. The Balaban J connectivity index is 1.91. The first-order valence-electron chi connectivity index (χ1n) is 8.13. The van der Waals surface area contributed by atoms with E-state index in [-0.39, 0.29) is 6.61 Å². The Morgan fingerprint density at radius 1 is 0.826 bits per heavy atom. The number of hydrogen-bond donors (Lipinski definition) is 1. The van der Waals surface area contributed by atoms with E-state index in [1.165, 1.54) is 0 Å². The summed E-state index contributed by atoms with van der Waals surface area (Å²) >= 11 is 7.25. The minimum atomic E-state index is -0.645. The molecule has 1 fully saturated rings. The summed E-state index contributed by atoms with van der Waals surface area (Å²) in [6, 6.07) is 20.6. The van der Waals surface area contributed by atoms with Gasteiger partial charge in [-0.25, -0.2) is 0 Å². The molecule has 23 heavy (non-hydrogen) atoms. The van der Waals surface area contributed by atoms with Crippen LogP contribution in [-0.4, -0.2) is 54.2 Å². The first-order valence-corrected chi connectivity index (χ1v) is 8.51. The van der Waals surface area contributed by atoms with Crippen molar-refractivity contribution in [2.75, 3.05) is 39.3 Å². The van der Waals surface area contributed by atoms with E-state index in [0.717, 1.165) is 43.9 Å². The molecule has 122 valence electrons. The van der Waals surface area contributed by atoms with Crippen molar-refractivity contribution in [2.24, 2.45) is 0 Å². The molecule has 0 saturated carbocycles. The lowest BCUT2D eigenvalue weighted by atomic mass is 9.95. The third-order valence-corrected chi connectivity index (χ3v) is 5.21. The molecule has 2 aromatic carbocycles. The molecule has 1 saturated heterocycles. The van der Waals surface area contributed by atoms with Crippen LogP contribution in [0.3, 0.4) is 0 Å². The van der Waals surface area contributed by atoms with Gasteiger partial charge < -0.3 is 5.11 Å². The van der Waals surface area contributed by atoms with Crippen LogP contribution in [0.4, 0.5) is 0 Å². The number of hydrogen-bond acceptors (Lipinski definition) is 3. The number of rotatable bonds is 5. The van der Waals surface area contributed by atoms with Crippen LogP contribution >= 0.6 is 11.6 Å². The number of halogens is 1. The quantitative estimate of drug-likeness (QED) is 0.674. The molecule has 2 aromatic rings. The van der Waals surface area contributed by atoms with Crippen molar-refractivity contribution in [3.63, 3.8) is 0 Å². The van der Waals surface area contributed by atoms with E-state index in [1.54, 1.807) is 0 Å². The van der Waals surface area contributed by atoms with E-state index in [4.69, 9.17) is 16.7 Å². The fourth-order valence-electron chi connectivity index (χ4n) is 3.27. The summed E-state index contributed by atoms with van der Waals surface area (Å²) in [5.74, 6) is 0. The standard InChI is InChI=1S/C19H23ClN2O/c20-19(17-7-3-1-4-8-17,18-9-5-2-6-10-18)22-13-11-21(12-14-22)15-16-23/h1-10,23H,11-16H2. The maximum absolute atomic E-state index is 9.12. The van der Waals surface area contributed by atoms with E-state index in [2.05, 4.69) is 34.1 Å². The maximum Gasteiger partial charge on any atom is 0.147 e. The second-order valence-corrected chi connectivity index (χ2v) is 6.45. The zero-order valence-corrected chi connectivity index (χ0v) is 14.0. The smallest absolute Gasteiger partial charge is 0.147 e. The molecule has 0 unspecified atom stereocenters. The number of alkyl halides is 1. The highest BCUT2D eigenvalue weighted by atomic mass is 35.5. The van der Waals surface area contributed by atoms with Gasteiger partial charge in [-0.05, 0) is 11.1 Å². The molecule has 0 spiro atoms. The maximum atomic E-state index is 9.12. The van der Waals surface area contributed by atoms with Crippen LogP contribution in [0.25, 0.3) is 0 Å². The molecule has 0 aromatic heterocycles. The van der Waals surface area contributed by atoms with Crippen molar-refractivity contribution >= 4 is 11.6 Å². The molecule has 3 rings (SSSR count). The van der Waals surface area contributed by atoms with Gasteiger partial charge in [-0.2, -0.15) is 0 Å². The summed E-state index contributed by atoms with van der Waals surface area (Å²) in [5, 5.41) is 9.12. The highest BCUT2D eigenvalue weighted by Crippen LogP contribution is 2.40. The topological polar surface area (TPSA) is 26.7 Å². The fourth-order valence-corrected chi connectivity index (χ4v) is 3.69. The summed E-state index contributed by atoms with van der Waals surface area (Å²) in [6.45, 7) is 4.56. The number of β-amino-alcohol motifs (C(OH)–C–C–N with tert-alkyl or cyclic N) is 1. The van der Waals surface area contributed by atoms with Crippen molar-refractivity contribution in [3.05, 3.63) is 71.8 Å². The van der Waals surface area contributed by atoms with Gasteiger partial charge in [-0.3, -0.25) is 9.80 Å². The average Bonchev–Trinajstić information content (AvgIpc) is 2.63. The van der Waals surface area contributed by atoms with Gasteiger partial charge in [-0.1, -0.05) is 72.3 Å². The van der Waals surface area contributed by atoms with Crippen molar-refractivity contribution in [3.8, 4) is 0 Å². The molecular weight excluding hydrogens is 308 g/mol. The van der Waals surface area contributed by atoms with E-state index >= 15 is 0 Å². The molecule has 1 N–H and O–H groups in total. The van der Waals surface area contributed by atoms with Gasteiger partial charge in [0.25, 0.3) is 0 Å². The van der Waals surface area contributed by atoms with Crippen LogP contribution in [0, 0.1) is 0 Å². The van der Waals surface area contributed by atoms with Gasteiger partial charge >= 0.3 is 0 Å². The minimum Gasteiger partial charge on any atom is -0.395 e. The second-order valence-electron chi connectivity index (χ2n) is 5.91. The highest BCUT2D eigenvalue weighted by molar-refractivity contribution is 6.25. The molecule has 0 aliphatic carbocycles. The zero-order chi connectivity index (χ0) is 16.1. The summed E-state index contributed by atoms with van der Waals surface area (Å²) in [5.41, 5.74) is 2.20. The van der Waals surface area contributed by atoms with Crippen LogP contribution in [0.15, 0.2) is 60.7 Å². The van der Waals surface area contributed by atoms with Crippen LogP contribution < -0.4 is 0 Å². The Hall–Kier alpha value is -1.39. The molecule has 1 aliphatic rings. The molecule has 1 heterocycles. The lowest BCUT2D eigenvalue weighted by molar-refractivity contribution is 0.0804. The predicted molar refractivity (Wildman–Crippen MR) is 94.6 cm³/mol. The fraction of sp³-hybridized carbons (Fsp3) is 0.368. The molecule has 3 nitrogen and oxygen atoms in total. The number of nitrogens with zero attached hydrogens (tertiary/aromatic N) is 2. The summed E-state index contributed by atoms with van der Waals surface area (Å²) in [7, 11) is 0. The van der Waals surface area contributed by atoms with Crippen LogP contribution in [0.2, 0.25) is 0 Å². The average molecular weight is 331 g/mol. The van der Waals surface area contributed by atoms with Crippen LogP contribution in [0.1, 0.15) is 11.1 Å². The van der Waals surface area contributed by atoms with E-state index in [0.29, 0.717) is 0 Å². The summed E-state index contributed by atoms with van der Waals surface area (Å²) < 4.78 is 0. The van der Waals surface area contributed by atoms with Crippen molar-refractivity contribution in [1.29, 1.82) is 0 Å². The lowest BCUT2D eigenvalue weighted by Crippen LogP contribution is -2.54. The number of aliphatic hydroxyl groups excluding tert-OH is 1. The van der Waals surface area contributed by atoms with Gasteiger partial charge in [0.2, 0.25) is 0 Å². The van der Waals surface area contributed by atoms with E-state index < -0.39 is 5.00 Å². The normalized spacial score (nSPS) is 17.3. The summed E-state index contributed by atoms with van der Waals surface area (Å²) in [6.07, 6.45) is 0.